The molecule has 1 unspecified atom stereocenters. The molecule has 2 aromatic rings. The van der Waals surface area contributed by atoms with E-state index in [2.05, 4.69) is 15.9 Å². The number of hydrogen-bond acceptors (Lipinski definition) is 3. The van der Waals surface area contributed by atoms with E-state index in [4.69, 9.17) is 15.2 Å². The van der Waals surface area contributed by atoms with Gasteiger partial charge in [0.25, 0.3) is 0 Å². The highest BCUT2D eigenvalue weighted by Crippen LogP contribution is 2.44. The summed E-state index contributed by atoms with van der Waals surface area (Å²) in [5.41, 5.74) is 4.44. The molecule has 0 saturated heterocycles. The van der Waals surface area contributed by atoms with E-state index in [1.165, 1.54) is 48.6 Å². The zero-order chi connectivity index (χ0) is 21.9. The highest BCUT2D eigenvalue weighted by Gasteiger charge is 2.50. The summed E-state index contributed by atoms with van der Waals surface area (Å²) in [7, 11) is 0. The first kappa shape index (κ1) is 22.5. The molecule has 1 aliphatic carbocycles. The quantitative estimate of drug-likeness (QED) is 0.464. The van der Waals surface area contributed by atoms with Gasteiger partial charge in [-0.25, -0.2) is 13.2 Å². The molecule has 9 heteroatoms. The second-order valence-electron chi connectivity index (χ2n) is 6.62. The Kier molecular flexibility index (Phi) is 6.64. The smallest absolute Gasteiger partial charge is 0.417 e. The molecule has 160 valence electrons. The second-order valence-corrected chi connectivity index (χ2v) is 7.48. The summed E-state index contributed by atoms with van der Waals surface area (Å²) in [4.78, 5) is 0. The molecule has 2 N–H and O–H groups in total. The number of allylic oxidation sites excluding steroid dienone is 2. The fraction of sp³-hybridized carbons (Fsp3) is 0.238. The zero-order valence-corrected chi connectivity index (χ0v) is 17.0. The first-order valence-electron chi connectivity index (χ1n) is 8.82. The number of benzene rings is 2. The van der Waals surface area contributed by atoms with Gasteiger partial charge in [0.15, 0.2) is 0 Å². The van der Waals surface area contributed by atoms with Crippen LogP contribution in [0.3, 0.4) is 0 Å². The van der Waals surface area contributed by atoms with Crippen molar-refractivity contribution in [2.24, 2.45) is 5.73 Å². The first-order valence-corrected chi connectivity index (χ1v) is 9.61. The Morgan fingerprint density at radius 1 is 1.17 bits per heavy atom. The highest BCUT2D eigenvalue weighted by molar-refractivity contribution is 9.10. The molecule has 3 rings (SSSR count). The van der Waals surface area contributed by atoms with Gasteiger partial charge in [-0.2, -0.15) is 8.78 Å². The van der Waals surface area contributed by atoms with Crippen LogP contribution in [0.25, 0.3) is 0 Å². The lowest BCUT2D eigenvalue weighted by atomic mass is 9.83. The largest absolute Gasteiger partial charge is 0.456 e. The van der Waals surface area contributed by atoms with E-state index in [0.29, 0.717) is 10.0 Å². The lowest BCUT2D eigenvalue weighted by molar-refractivity contribution is -0.337. The summed E-state index contributed by atoms with van der Waals surface area (Å²) < 4.78 is 77.9. The van der Waals surface area contributed by atoms with Crippen LogP contribution in [0.2, 0.25) is 0 Å². The summed E-state index contributed by atoms with van der Waals surface area (Å²) in [5.74, 6) is -0.199. The molecule has 0 saturated carbocycles. The van der Waals surface area contributed by atoms with Crippen molar-refractivity contribution in [2.45, 2.75) is 24.6 Å². The zero-order valence-electron chi connectivity index (χ0n) is 15.4. The van der Waals surface area contributed by atoms with Crippen molar-refractivity contribution >= 4 is 15.9 Å². The number of rotatable bonds is 7. The summed E-state index contributed by atoms with van der Waals surface area (Å²) in [5, 5.41) is 0. The average Bonchev–Trinajstić information content (AvgIpc) is 2.70. The Morgan fingerprint density at radius 2 is 1.93 bits per heavy atom. The third-order valence-corrected chi connectivity index (χ3v) is 5.12. The molecule has 1 atom stereocenters. The Bertz CT molecular complexity index is 980. The molecule has 0 bridgehead atoms. The number of alkyl halides is 4. The summed E-state index contributed by atoms with van der Waals surface area (Å²) >= 11 is 3.24. The van der Waals surface area contributed by atoms with Crippen LogP contribution in [-0.2, 0) is 10.3 Å². The van der Waals surface area contributed by atoms with Crippen molar-refractivity contribution in [2.75, 3.05) is 6.54 Å². The fourth-order valence-corrected chi connectivity index (χ4v) is 3.38. The molecular weight excluding hydrogens is 473 g/mol. The van der Waals surface area contributed by atoms with Crippen LogP contribution in [0, 0.1) is 5.82 Å². The molecule has 0 amide bonds. The number of hydrogen-bond donors (Lipinski definition) is 1. The molecule has 30 heavy (non-hydrogen) atoms. The normalized spacial score (nSPS) is 19.1. The van der Waals surface area contributed by atoms with Gasteiger partial charge < -0.3 is 10.5 Å². The standard InChI is InChI=1S/C21H17BrF5NO2/c22-17-7-6-15(23)10-18(17)29-16-5-1-4-14(9-16)20(30-21(26,27)19(24)25)8-2-3-13(11-20)12-28/h1-10,19H,11-12,28H2. The van der Waals surface area contributed by atoms with Crippen LogP contribution in [-0.4, -0.2) is 19.1 Å². The van der Waals surface area contributed by atoms with Gasteiger partial charge in [0.05, 0.1) is 4.47 Å². The van der Waals surface area contributed by atoms with Gasteiger partial charge in [0, 0.05) is 19.0 Å². The van der Waals surface area contributed by atoms with Crippen molar-refractivity contribution in [3.8, 4) is 11.5 Å². The molecule has 0 aliphatic heterocycles. The lowest BCUT2D eigenvalue weighted by Gasteiger charge is -2.37. The molecule has 0 aromatic heterocycles. The lowest BCUT2D eigenvalue weighted by Crippen LogP contribution is -2.42. The minimum Gasteiger partial charge on any atom is -0.456 e. The minimum absolute atomic E-state index is 0.0438. The number of nitrogens with two attached hydrogens (primary N) is 1. The minimum atomic E-state index is -4.69. The predicted molar refractivity (Wildman–Crippen MR) is 105 cm³/mol. The van der Waals surface area contributed by atoms with Gasteiger partial charge in [-0.15, -0.1) is 0 Å². The third-order valence-electron chi connectivity index (χ3n) is 4.47. The molecular formula is C21H17BrF5NO2. The van der Waals surface area contributed by atoms with Gasteiger partial charge >= 0.3 is 12.5 Å². The predicted octanol–water partition coefficient (Wildman–Crippen LogP) is 6.30. The van der Waals surface area contributed by atoms with Gasteiger partial charge in [-0.05, 0) is 51.8 Å². The first-order chi connectivity index (χ1) is 14.1. The summed E-state index contributed by atoms with van der Waals surface area (Å²) in [6, 6.07) is 9.68. The Balaban J connectivity index is 2.00. The fourth-order valence-electron chi connectivity index (χ4n) is 3.05. The van der Waals surface area contributed by atoms with E-state index in [1.54, 1.807) is 6.08 Å². The SMILES string of the molecule is NCC1=CC=CC(OC(F)(F)C(F)F)(c2cccc(Oc3cc(F)ccc3Br)c2)C1. The van der Waals surface area contributed by atoms with Crippen LogP contribution in [0.1, 0.15) is 12.0 Å². The highest BCUT2D eigenvalue weighted by atomic mass is 79.9. The molecule has 3 nitrogen and oxygen atoms in total. The van der Waals surface area contributed by atoms with E-state index in [9.17, 15) is 22.0 Å². The second kappa shape index (κ2) is 8.87. The molecule has 0 radical (unpaired) electrons. The molecule has 0 fully saturated rings. The van der Waals surface area contributed by atoms with E-state index < -0.39 is 24.0 Å². The molecule has 1 aliphatic rings. The van der Waals surface area contributed by atoms with Gasteiger partial charge in [0.2, 0.25) is 0 Å². The van der Waals surface area contributed by atoms with Gasteiger partial charge in [-0.1, -0.05) is 29.9 Å². The Hall–Kier alpha value is -2.23. The maximum atomic E-state index is 13.9. The van der Waals surface area contributed by atoms with Crippen molar-refractivity contribution in [1.82, 2.24) is 0 Å². The maximum absolute atomic E-state index is 13.9. The topological polar surface area (TPSA) is 44.5 Å². The Labute approximate surface area is 178 Å². The van der Waals surface area contributed by atoms with E-state index in [0.717, 1.165) is 6.07 Å². The van der Waals surface area contributed by atoms with E-state index >= 15 is 0 Å². The van der Waals surface area contributed by atoms with Crippen LogP contribution >= 0.6 is 15.9 Å². The van der Waals surface area contributed by atoms with Gasteiger partial charge in [-0.3, -0.25) is 4.74 Å². The van der Waals surface area contributed by atoms with Gasteiger partial charge in [0.1, 0.15) is 22.9 Å². The van der Waals surface area contributed by atoms with Crippen molar-refractivity contribution in [3.63, 3.8) is 0 Å². The van der Waals surface area contributed by atoms with Crippen LogP contribution < -0.4 is 10.5 Å². The van der Waals surface area contributed by atoms with E-state index in [1.807, 2.05) is 0 Å². The number of halogens is 6. The van der Waals surface area contributed by atoms with Crippen molar-refractivity contribution in [1.29, 1.82) is 0 Å². The number of ether oxygens (including phenoxy) is 2. The summed E-state index contributed by atoms with van der Waals surface area (Å²) in [6.07, 6.45) is -4.52. The maximum Gasteiger partial charge on any atom is 0.417 e. The molecule has 2 aromatic carbocycles. The van der Waals surface area contributed by atoms with Crippen molar-refractivity contribution in [3.05, 3.63) is 82.1 Å². The van der Waals surface area contributed by atoms with Crippen LogP contribution in [0.5, 0.6) is 11.5 Å². The van der Waals surface area contributed by atoms with Crippen molar-refractivity contribution < 1.29 is 31.4 Å². The van der Waals surface area contributed by atoms with Crippen LogP contribution in [0.15, 0.2) is 70.7 Å². The molecule has 0 spiro atoms. The molecule has 0 heterocycles. The third kappa shape index (κ3) is 4.91. The van der Waals surface area contributed by atoms with Crippen LogP contribution in [0.4, 0.5) is 22.0 Å². The summed E-state index contributed by atoms with van der Waals surface area (Å²) in [6.45, 7) is 0.0438. The van der Waals surface area contributed by atoms with E-state index in [-0.39, 0.29) is 30.0 Å². The average molecular weight is 490 g/mol. The Morgan fingerprint density at radius 3 is 2.63 bits per heavy atom. The monoisotopic (exact) mass is 489 g/mol.